The summed E-state index contributed by atoms with van der Waals surface area (Å²) >= 11 is 0. The normalized spacial score (nSPS) is 27.1. The summed E-state index contributed by atoms with van der Waals surface area (Å²) in [5.74, 6) is 0.267. The van der Waals surface area contributed by atoms with Crippen LogP contribution >= 0.6 is 0 Å². The lowest BCUT2D eigenvalue weighted by Gasteiger charge is -2.40. The number of carbonyl (C=O) groups excluding carboxylic acids is 1. The number of aliphatic hydroxyl groups excluding tert-OH is 1. The van der Waals surface area contributed by atoms with Gasteiger partial charge in [-0.25, -0.2) is 0 Å². The molecule has 25 heavy (non-hydrogen) atoms. The van der Waals surface area contributed by atoms with Gasteiger partial charge in [-0.2, -0.15) is 0 Å². The van der Waals surface area contributed by atoms with Crippen LogP contribution in [0.5, 0.6) is 0 Å². The number of amides is 1. The number of aryl methyl sites for hydroxylation is 1. The molecule has 1 saturated heterocycles. The average molecular weight is 342 g/mol. The highest BCUT2D eigenvalue weighted by Gasteiger charge is 2.39. The number of nitrogens with zero attached hydrogens (tertiary/aromatic N) is 2. The number of fused-ring (bicyclic) bond motifs is 1. The topological polar surface area (TPSA) is 54.7 Å². The molecule has 1 amide bonds. The summed E-state index contributed by atoms with van der Waals surface area (Å²) in [6, 6.07) is 10.3. The van der Waals surface area contributed by atoms with Crippen LogP contribution in [0.4, 0.5) is 0 Å². The summed E-state index contributed by atoms with van der Waals surface area (Å²) in [5.41, 5.74) is 2.19. The molecule has 5 heteroatoms. The van der Waals surface area contributed by atoms with Crippen molar-refractivity contribution in [2.75, 3.05) is 19.8 Å². The van der Waals surface area contributed by atoms with Crippen LogP contribution in [0.3, 0.4) is 0 Å². The molecule has 0 spiro atoms. The van der Waals surface area contributed by atoms with E-state index in [2.05, 4.69) is 22.8 Å². The summed E-state index contributed by atoms with van der Waals surface area (Å²) in [5, 5.41) is 11.4. The Balaban J connectivity index is 1.57. The van der Waals surface area contributed by atoms with Crippen molar-refractivity contribution in [2.24, 2.45) is 5.92 Å². The number of hydrogen-bond acceptors (Lipinski definition) is 3. The molecule has 1 aromatic carbocycles. The fourth-order valence-corrected chi connectivity index (χ4v) is 4.49. The summed E-state index contributed by atoms with van der Waals surface area (Å²) in [6.07, 6.45) is 2.54. The Morgan fingerprint density at radius 2 is 2.16 bits per heavy atom. The lowest BCUT2D eigenvalue weighted by Crippen LogP contribution is -2.54. The summed E-state index contributed by atoms with van der Waals surface area (Å²) in [4.78, 5) is 15.1. The average Bonchev–Trinajstić information content (AvgIpc) is 3.18. The Kier molecular flexibility index (Phi) is 4.52. The number of hydrogen-bond donors (Lipinski definition) is 1. The van der Waals surface area contributed by atoms with Gasteiger partial charge < -0.3 is 19.3 Å². The van der Waals surface area contributed by atoms with Crippen LogP contribution in [0.1, 0.15) is 25.0 Å². The predicted molar refractivity (Wildman–Crippen MR) is 96.3 cm³/mol. The summed E-state index contributed by atoms with van der Waals surface area (Å²) in [7, 11) is 0. The van der Waals surface area contributed by atoms with E-state index in [-0.39, 0.29) is 24.0 Å². The molecule has 2 heterocycles. The minimum absolute atomic E-state index is 0.000817. The minimum atomic E-state index is -0.309. The van der Waals surface area contributed by atoms with Crippen LogP contribution in [0.2, 0.25) is 0 Å². The zero-order chi connectivity index (χ0) is 17.4. The molecule has 2 aromatic rings. The van der Waals surface area contributed by atoms with Crippen LogP contribution in [-0.4, -0.2) is 52.4 Å². The molecule has 2 aliphatic rings. The molecule has 4 rings (SSSR count). The minimum Gasteiger partial charge on any atom is -0.393 e. The zero-order valence-corrected chi connectivity index (χ0v) is 14.7. The van der Waals surface area contributed by atoms with Gasteiger partial charge in [0.2, 0.25) is 5.91 Å². The van der Waals surface area contributed by atoms with Crippen molar-refractivity contribution in [3.63, 3.8) is 0 Å². The van der Waals surface area contributed by atoms with Gasteiger partial charge in [0.15, 0.2) is 0 Å². The van der Waals surface area contributed by atoms with Gasteiger partial charge in [0.05, 0.1) is 25.4 Å². The Bertz CT molecular complexity index is 769. The SMILES string of the molecule is Cc1cc2ccccc2n1CC(=O)N1CCOC[C@@H]1[C@H]1CCC[C@@H]1O. The van der Waals surface area contributed by atoms with E-state index in [4.69, 9.17) is 4.74 Å². The smallest absolute Gasteiger partial charge is 0.242 e. The van der Waals surface area contributed by atoms with Crippen molar-refractivity contribution >= 4 is 16.8 Å². The van der Waals surface area contributed by atoms with Crippen molar-refractivity contribution < 1.29 is 14.6 Å². The quantitative estimate of drug-likeness (QED) is 0.931. The van der Waals surface area contributed by atoms with E-state index in [1.165, 1.54) is 0 Å². The van der Waals surface area contributed by atoms with Crippen molar-refractivity contribution in [1.29, 1.82) is 0 Å². The van der Waals surface area contributed by atoms with E-state index in [0.717, 1.165) is 35.9 Å². The number of para-hydroxylation sites is 1. The Morgan fingerprint density at radius 3 is 2.96 bits per heavy atom. The van der Waals surface area contributed by atoms with Crippen LogP contribution in [0.15, 0.2) is 30.3 Å². The van der Waals surface area contributed by atoms with Crippen molar-refractivity contribution in [1.82, 2.24) is 9.47 Å². The Morgan fingerprint density at radius 1 is 1.32 bits per heavy atom. The van der Waals surface area contributed by atoms with E-state index in [0.29, 0.717) is 26.3 Å². The monoisotopic (exact) mass is 342 g/mol. The molecular formula is C20H26N2O3. The molecule has 2 fully saturated rings. The standard InChI is InChI=1S/C20H26N2O3/c1-14-11-15-5-2-3-7-17(15)22(14)12-20(24)21-9-10-25-13-18(21)16-6-4-8-19(16)23/h2-3,5,7,11,16,18-19,23H,4,6,8-10,12-13H2,1H3/t16-,18-,19+/m1/s1. The first-order chi connectivity index (χ1) is 12.1. The van der Waals surface area contributed by atoms with E-state index >= 15 is 0 Å². The first-order valence-corrected chi connectivity index (χ1v) is 9.25. The van der Waals surface area contributed by atoms with Crippen molar-refractivity contribution in [2.45, 2.75) is 44.9 Å². The van der Waals surface area contributed by atoms with E-state index in [1.54, 1.807) is 0 Å². The lowest BCUT2D eigenvalue weighted by molar-refractivity contribution is -0.144. The number of aromatic nitrogens is 1. The molecule has 0 radical (unpaired) electrons. The molecule has 1 aliphatic carbocycles. The molecular weight excluding hydrogens is 316 g/mol. The maximum atomic E-state index is 13.1. The van der Waals surface area contributed by atoms with Crippen molar-refractivity contribution in [3.05, 3.63) is 36.0 Å². The maximum absolute atomic E-state index is 13.1. The molecule has 0 bridgehead atoms. The van der Waals surface area contributed by atoms with Gasteiger partial charge >= 0.3 is 0 Å². The molecule has 1 N–H and O–H groups in total. The van der Waals surface area contributed by atoms with Gasteiger partial charge in [-0.05, 0) is 37.3 Å². The predicted octanol–water partition coefficient (Wildman–Crippen LogP) is 2.34. The Labute approximate surface area is 148 Å². The second kappa shape index (κ2) is 6.81. The Hall–Kier alpha value is -1.85. The third kappa shape index (κ3) is 3.07. The third-order valence-corrected chi connectivity index (χ3v) is 5.82. The lowest BCUT2D eigenvalue weighted by atomic mass is 9.94. The van der Waals surface area contributed by atoms with E-state index in [1.807, 2.05) is 24.0 Å². The number of carbonyl (C=O) groups is 1. The van der Waals surface area contributed by atoms with E-state index in [9.17, 15) is 9.90 Å². The summed E-state index contributed by atoms with van der Waals surface area (Å²) in [6.45, 7) is 4.13. The highest BCUT2D eigenvalue weighted by atomic mass is 16.5. The van der Waals surface area contributed by atoms with Crippen LogP contribution < -0.4 is 0 Å². The second-order valence-electron chi connectivity index (χ2n) is 7.32. The third-order valence-electron chi connectivity index (χ3n) is 5.82. The number of ether oxygens (including phenoxy) is 1. The van der Waals surface area contributed by atoms with Gasteiger partial charge in [-0.3, -0.25) is 4.79 Å². The molecule has 134 valence electrons. The second-order valence-corrected chi connectivity index (χ2v) is 7.32. The van der Waals surface area contributed by atoms with Gasteiger partial charge in [0.1, 0.15) is 6.54 Å². The fraction of sp³-hybridized carbons (Fsp3) is 0.550. The van der Waals surface area contributed by atoms with Crippen LogP contribution in [0, 0.1) is 12.8 Å². The van der Waals surface area contributed by atoms with Crippen molar-refractivity contribution in [3.8, 4) is 0 Å². The number of aliphatic hydroxyl groups is 1. The first-order valence-electron chi connectivity index (χ1n) is 9.25. The molecule has 1 aromatic heterocycles. The molecule has 0 unspecified atom stereocenters. The molecule has 3 atom stereocenters. The first kappa shape index (κ1) is 16.6. The largest absolute Gasteiger partial charge is 0.393 e. The van der Waals surface area contributed by atoms with Crippen LogP contribution in [0.25, 0.3) is 10.9 Å². The molecule has 5 nitrogen and oxygen atoms in total. The maximum Gasteiger partial charge on any atom is 0.242 e. The highest BCUT2D eigenvalue weighted by Crippen LogP contribution is 2.32. The number of rotatable bonds is 3. The summed E-state index contributed by atoms with van der Waals surface area (Å²) < 4.78 is 7.73. The van der Waals surface area contributed by atoms with Gasteiger partial charge in [0, 0.05) is 23.7 Å². The zero-order valence-electron chi connectivity index (χ0n) is 14.7. The number of morpholine rings is 1. The van der Waals surface area contributed by atoms with Gasteiger partial charge in [-0.15, -0.1) is 0 Å². The van der Waals surface area contributed by atoms with E-state index < -0.39 is 0 Å². The van der Waals surface area contributed by atoms with Crippen LogP contribution in [-0.2, 0) is 16.1 Å². The molecule has 1 saturated carbocycles. The number of benzene rings is 1. The highest BCUT2D eigenvalue weighted by molar-refractivity contribution is 5.84. The van der Waals surface area contributed by atoms with Gasteiger partial charge in [-0.1, -0.05) is 24.6 Å². The van der Waals surface area contributed by atoms with Gasteiger partial charge in [0.25, 0.3) is 0 Å². The molecule has 1 aliphatic heterocycles. The fourth-order valence-electron chi connectivity index (χ4n) is 4.49.